The molecule has 0 saturated carbocycles. The van der Waals surface area contributed by atoms with E-state index < -0.39 is 0 Å². The van der Waals surface area contributed by atoms with Gasteiger partial charge in [-0.2, -0.15) is 0 Å². The van der Waals surface area contributed by atoms with Crippen LogP contribution in [0.15, 0.2) is 54.0 Å². The van der Waals surface area contributed by atoms with E-state index in [0.717, 1.165) is 22.6 Å². The zero-order valence-corrected chi connectivity index (χ0v) is 16.1. The first kappa shape index (κ1) is 18.3. The highest BCUT2D eigenvalue weighted by Gasteiger charge is 2.25. The van der Waals surface area contributed by atoms with Crippen LogP contribution in [0.5, 0.6) is 0 Å². The van der Waals surface area contributed by atoms with Crippen molar-refractivity contribution in [2.45, 2.75) is 19.4 Å². The molecule has 1 aliphatic rings. The Bertz CT molecular complexity index is 973. The van der Waals surface area contributed by atoms with Gasteiger partial charge in [0.1, 0.15) is 0 Å². The molecule has 1 aliphatic heterocycles. The number of fused-ring (bicyclic) bond motifs is 1. The van der Waals surface area contributed by atoms with Crippen LogP contribution in [-0.4, -0.2) is 39.8 Å². The monoisotopic (exact) mass is 392 g/mol. The molecule has 1 N–H and O–H groups in total. The number of benzene rings is 1. The van der Waals surface area contributed by atoms with Gasteiger partial charge in [-0.15, -0.1) is 11.3 Å². The minimum Gasteiger partial charge on any atom is -0.350 e. The first-order chi connectivity index (χ1) is 13.7. The van der Waals surface area contributed by atoms with E-state index in [0.29, 0.717) is 30.9 Å². The Morgan fingerprint density at radius 3 is 2.82 bits per heavy atom. The maximum Gasteiger partial charge on any atom is 0.257 e. The van der Waals surface area contributed by atoms with Gasteiger partial charge in [-0.3, -0.25) is 9.59 Å². The summed E-state index contributed by atoms with van der Waals surface area (Å²) in [5.74, 6) is 0.278. The average molecular weight is 392 g/mol. The number of aryl methyl sites for hydroxylation is 1. The van der Waals surface area contributed by atoms with E-state index in [-0.39, 0.29) is 18.4 Å². The van der Waals surface area contributed by atoms with Gasteiger partial charge in [0.15, 0.2) is 5.82 Å². The lowest BCUT2D eigenvalue weighted by atomic mass is 10.1. The Hall–Kier alpha value is -3.06. The summed E-state index contributed by atoms with van der Waals surface area (Å²) < 4.78 is 0. The SMILES string of the molecule is O=C(CN1CCCc2nc(-c3ccccc3)ncc2C1=O)NCc1cccs1. The van der Waals surface area contributed by atoms with Crippen LogP contribution in [0.2, 0.25) is 0 Å². The van der Waals surface area contributed by atoms with Crippen LogP contribution in [0.1, 0.15) is 27.3 Å². The quantitative estimate of drug-likeness (QED) is 0.724. The predicted molar refractivity (Wildman–Crippen MR) is 108 cm³/mol. The van der Waals surface area contributed by atoms with Gasteiger partial charge in [-0.1, -0.05) is 36.4 Å². The van der Waals surface area contributed by atoms with Crippen molar-refractivity contribution in [3.05, 3.63) is 70.2 Å². The second kappa shape index (κ2) is 8.31. The second-order valence-electron chi connectivity index (χ2n) is 6.61. The Labute approximate surface area is 167 Å². The number of hydrogen-bond acceptors (Lipinski definition) is 5. The molecule has 0 saturated heterocycles. The fourth-order valence-electron chi connectivity index (χ4n) is 3.20. The van der Waals surface area contributed by atoms with Gasteiger partial charge in [-0.25, -0.2) is 9.97 Å². The number of thiophene rings is 1. The van der Waals surface area contributed by atoms with Gasteiger partial charge in [0, 0.05) is 23.2 Å². The lowest BCUT2D eigenvalue weighted by Gasteiger charge is -2.20. The smallest absolute Gasteiger partial charge is 0.257 e. The zero-order chi connectivity index (χ0) is 19.3. The molecule has 0 aliphatic carbocycles. The molecule has 0 fully saturated rings. The van der Waals surface area contributed by atoms with Crippen molar-refractivity contribution in [2.75, 3.05) is 13.1 Å². The van der Waals surface area contributed by atoms with Crippen LogP contribution in [0.25, 0.3) is 11.4 Å². The lowest BCUT2D eigenvalue weighted by molar-refractivity contribution is -0.121. The van der Waals surface area contributed by atoms with Gasteiger partial charge in [0.25, 0.3) is 5.91 Å². The minimum absolute atomic E-state index is 0.0457. The molecular weight excluding hydrogens is 372 g/mol. The fraction of sp³-hybridized carbons (Fsp3) is 0.238. The fourth-order valence-corrected chi connectivity index (χ4v) is 3.85. The Kier molecular flexibility index (Phi) is 5.43. The van der Waals surface area contributed by atoms with Gasteiger partial charge in [-0.05, 0) is 24.3 Å². The molecule has 2 aromatic heterocycles. The summed E-state index contributed by atoms with van der Waals surface area (Å²) in [5, 5.41) is 4.85. The van der Waals surface area contributed by atoms with E-state index >= 15 is 0 Å². The summed E-state index contributed by atoms with van der Waals surface area (Å²) in [5.41, 5.74) is 2.16. The number of nitrogens with zero attached hydrogens (tertiary/aromatic N) is 3. The van der Waals surface area contributed by atoms with E-state index in [1.165, 1.54) is 0 Å². The molecule has 0 unspecified atom stereocenters. The van der Waals surface area contributed by atoms with Crippen molar-refractivity contribution in [3.8, 4) is 11.4 Å². The first-order valence-corrected chi connectivity index (χ1v) is 10.1. The summed E-state index contributed by atoms with van der Waals surface area (Å²) in [6, 6.07) is 13.6. The minimum atomic E-state index is -0.182. The number of carbonyl (C=O) groups is 2. The van der Waals surface area contributed by atoms with Gasteiger partial charge in [0.2, 0.25) is 5.91 Å². The van der Waals surface area contributed by atoms with Crippen LogP contribution >= 0.6 is 11.3 Å². The molecule has 7 heteroatoms. The van der Waals surface area contributed by atoms with Crippen LogP contribution in [0.3, 0.4) is 0 Å². The number of amides is 2. The van der Waals surface area contributed by atoms with E-state index in [9.17, 15) is 9.59 Å². The lowest BCUT2D eigenvalue weighted by Crippen LogP contribution is -2.40. The van der Waals surface area contributed by atoms with Gasteiger partial charge >= 0.3 is 0 Å². The van der Waals surface area contributed by atoms with E-state index in [2.05, 4.69) is 15.3 Å². The number of nitrogens with one attached hydrogen (secondary N) is 1. The molecule has 2 amide bonds. The molecule has 1 aromatic carbocycles. The van der Waals surface area contributed by atoms with Gasteiger partial charge < -0.3 is 10.2 Å². The van der Waals surface area contributed by atoms with Crippen LogP contribution in [-0.2, 0) is 17.8 Å². The number of rotatable bonds is 5. The van der Waals surface area contributed by atoms with E-state index in [1.54, 1.807) is 22.4 Å². The Morgan fingerprint density at radius 2 is 2.04 bits per heavy atom. The molecule has 0 spiro atoms. The van der Waals surface area contributed by atoms with E-state index in [4.69, 9.17) is 0 Å². The van der Waals surface area contributed by atoms with Gasteiger partial charge in [0.05, 0.1) is 24.3 Å². The second-order valence-corrected chi connectivity index (χ2v) is 7.64. The summed E-state index contributed by atoms with van der Waals surface area (Å²) in [6.07, 6.45) is 3.05. The Morgan fingerprint density at radius 1 is 1.18 bits per heavy atom. The van der Waals surface area contributed by atoms with Crippen molar-refractivity contribution in [1.82, 2.24) is 20.2 Å². The van der Waals surface area contributed by atoms with Crippen molar-refractivity contribution in [1.29, 1.82) is 0 Å². The number of aromatic nitrogens is 2. The normalized spacial score (nSPS) is 13.7. The molecular formula is C21H20N4O2S. The molecule has 0 radical (unpaired) electrons. The van der Waals surface area contributed by atoms with Crippen molar-refractivity contribution in [3.63, 3.8) is 0 Å². The van der Waals surface area contributed by atoms with Crippen molar-refractivity contribution in [2.24, 2.45) is 0 Å². The molecule has 4 rings (SSSR count). The summed E-state index contributed by atoms with van der Waals surface area (Å²) in [6.45, 7) is 1.06. The Balaban J connectivity index is 1.46. The third-order valence-corrected chi connectivity index (χ3v) is 5.51. The molecule has 28 heavy (non-hydrogen) atoms. The molecule has 0 atom stereocenters. The van der Waals surface area contributed by atoms with Crippen molar-refractivity contribution < 1.29 is 9.59 Å². The first-order valence-electron chi connectivity index (χ1n) is 9.20. The third kappa shape index (κ3) is 4.09. The maximum absolute atomic E-state index is 12.9. The highest BCUT2D eigenvalue weighted by atomic mass is 32.1. The molecule has 3 aromatic rings. The molecule has 142 valence electrons. The zero-order valence-electron chi connectivity index (χ0n) is 15.3. The van der Waals surface area contributed by atoms with Crippen LogP contribution < -0.4 is 5.32 Å². The summed E-state index contributed by atoms with van der Waals surface area (Å²) >= 11 is 1.59. The third-order valence-electron chi connectivity index (χ3n) is 4.63. The summed E-state index contributed by atoms with van der Waals surface area (Å²) in [4.78, 5) is 36.9. The number of carbonyl (C=O) groups excluding carboxylic acids is 2. The van der Waals surface area contributed by atoms with Crippen LogP contribution in [0.4, 0.5) is 0 Å². The number of hydrogen-bond donors (Lipinski definition) is 1. The largest absolute Gasteiger partial charge is 0.350 e. The highest BCUT2D eigenvalue weighted by molar-refractivity contribution is 7.09. The average Bonchev–Trinajstić information content (AvgIpc) is 3.20. The maximum atomic E-state index is 12.9. The van der Waals surface area contributed by atoms with E-state index in [1.807, 2.05) is 47.8 Å². The van der Waals surface area contributed by atoms with Crippen LogP contribution in [0, 0.1) is 0 Å². The predicted octanol–water partition coefficient (Wildman–Crippen LogP) is 2.91. The topological polar surface area (TPSA) is 75.2 Å². The van der Waals surface area contributed by atoms with Crippen molar-refractivity contribution >= 4 is 23.2 Å². The highest BCUT2D eigenvalue weighted by Crippen LogP contribution is 2.20. The standard InChI is InChI=1S/C21H20N4O2S/c26-19(22-12-16-8-5-11-28-16)14-25-10-4-9-18-17(21(25)27)13-23-20(24-18)15-6-2-1-3-7-15/h1-3,5-8,11,13H,4,9-10,12,14H2,(H,22,26). The molecule has 6 nitrogen and oxygen atoms in total. The molecule has 3 heterocycles. The summed E-state index contributed by atoms with van der Waals surface area (Å²) in [7, 11) is 0. The molecule has 0 bridgehead atoms.